The van der Waals surface area contributed by atoms with Crippen molar-refractivity contribution in [2.45, 2.75) is 198 Å². The number of Topliss-reactive ketones (excluding diaryl/α,β-unsaturated/α-hetero) is 1. The molecule has 360 valence electrons. The van der Waals surface area contributed by atoms with E-state index < -0.39 is 103 Å². The third kappa shape index (κ3) is 9.93. The number of fused-ring (bicyclic) bond motifs is 2. The number of methoxy groups -OCH3 is 3. The number of aliphatic hydroxyl groups is 2. The molecule has 0 amide bonds. The van der Waals surface area contributed by atoms with Gasteiger partial charge in [-0.25, -0.2) is 0 Å². The highest BCUT2D eigenvalue weighted by molar-refractivity contribution is 5.83. The lowest BCUT2D eigenvalue weighted by molar-refractivity contribution is -0.330. The zero-order chi connectivity index (χ0) is 46.2. The molecule has 1 spiro atoms. The molecule has 15 nitrogen and oxygen atoms in total. The van der Waals surface area contributed by atoms with Crippen LogP contribution < -0.4 is 0 Å². The Balaban J connectivity index is 1.20. The van der Waals surface area contributed by atoms with E-state index in [0.717, 1.165) is 17.6 Å². The fraction of sp³-hybridized carbons (Fsp3) is 0.796. The molecule has 5 saturated heterocycles. The minimum Gasteiger partial charge on any atom is -0.462 e. The Labute approximate surface area is 379 Å². The smallest absolute Gasteiger partial charge is 0.316 e. The van der Waals surface area contributed by atoms with E-state index in [9.17, 15) is 19.8 Å². The van der Waals surface area contributed by atoms with E-state index in [2.05, 4.69) is 26.8 Å². The summed E-state index contributed by atoms with van der Waals surface area (Å²) < 4.78 is 69.7. The van der Waals surface area contributed by atoms with Crippen LogP contribution in [0.2, 0.25) is 0 Å². The number of ether oxygens (including phenoxy) is 11. The average molecular weight is 903 g/mol. The molecule has 2 N–H and O–H groups in total. The lowest BCUT2D eigenvalue weighted by Gasteiger charge is -2.50. The van der Waals surface area contributed by atoms with Gasteiger partial charge in [0.25, 0.3) is 0 Å². The molecule has 0 aromatic carbocycles. The summed E-state index contributed by atoms with van der Waals surface area (Å²) in [6.07, 6.45) is 4.39. The molecule has 6 heterocycles. The second kappa shape index (κ2) is 20.5. The molecular formula is C49H74O15. The van der Waals surface area contributed by atoms with Crippen molar-refractivity contribution in [3.8, 4) is 0 Å². The molecule has 1 aliphatic carbocycles. The Morgan fingerprint density at radius 2 is 1.58 bits per heavy atom. The summed E-state index contributed by atoms with van der Waals surface area (Å²) in [5, 5.41) is 23.2. The second-order valence-electron chi connectivity index (χ2n) is 19.5. The topological polar surface area (TPSA) is 176 Å². The van der Waals surface area contributed by atoms with Gasteiger partial charge < -0.3 is 62.3 Å². The first-order valence-electron chi connectivity index (χ1n) is 23.5. The normalized spacial score (nSPS) is 48.3. The molecule has 64 heavy (non-hydrogen) atoms. The first-order valence-corrected chi connectivity index (χ1v) is 23.5. The van der Waals surface area contributed by atoms with Gasteiger partial charge in [-0.2, -0.15) is 0 Å². The molecule has 20 atom stereocenters. The maximum Gasteiger partial charge on any atom is 0.316 e. The standard InChI is InChI=1S/C49H74O15/c1-12-25(2)43-29(6)36(50)23-48(64-43)22-34-19-33(63-48)17-16-27(4)42(61-40-21-38(55-10)45(31(8)59-40)62-39-20-37(54-9)41(51)30(7)58-39)26(3)14-13-15-32-24-57-46-44(56-11)28(5)18-35(47(52)60-34)49(32,46)53/h13-16,18,25-26,29-31,33-35,37-46,51,53H,12,17,19-24H2,1-11H3/b14-13+,27-16+,32-15+/t25-,26-,29-,30-,31-,33+,34-,35-,37-,38-,39-,40-,41-,42-,43+,44+,45-,46+,48-,49+/m0/s1. The van der Waals surface area contributed by atoms with Crippen molar-refractivity contribution >= 4 is 11.8 Å². The Hall–Kier alpha value is -2.38. The first kappa shape index (κ1) is 49.5. The highest BCUT2D eigenvalue weighted by Gasteiger charge is 2.61. The van der Waals surface area contributed by atoms with Gasteiger partial charge in [-0.05, 0) is 56.8 Å². The van der Waals surface area contributed by atoms with Crippen LogP contribution in [0.1, 0.15) is 100 Å². The van der Waals surface area contributed by atoms with Crippen molar-refractivity contribution in [1.29, 1.82) is 0 Å². The molecule has 15 heteroatoms. The van der Waals surface area contributed by atoms with E-state index >= 15 is 0 Å². The van der Waals surface area contributed by atoms with Crippen LogP contribution in [-0.2, 0) is 61.7 Å². The second-order valence-corrected chi connectivity index (χ2v) is 19.5. The van der Waals surface area contributed by atoms with Crippen LogP contribution in [0, 0.1) is 23.7 Å². The minimum absolute atomic E-state index is 0.0377. The van der Waals surface area contributed by atoms with Gasteiger partial charge in [-0.3, -0.25) is 9.59 Å². The van der Waals surface area contributed by atoms with E-state index in [1.807, 2.05) is 45.9 Å². The molecular weight excluding hydrogens is 829 g/mol. The van der Waals surface area contributed by atoms with E-state index in [4.69, 9.17) is 52.1 Å². The fourth-order valence-electron chi connectivity index (χ4n) is 11.1. The fourth-order valence-corrected chi connectivity index (χ4v) is 11.1. The van der Waals surface area contributed by atoms with Crippen molar-refractivity contribution in [3.05, 3.63) is 47.1 Å². The summed E-state index contributed by atoms with van der Waals surface area (Å²) in [7, 11) is 4.78. The first-order chi connectivity index (χ1) is 30.4. The number of carbonyl (C=O) groups is 2. The van der Waals surface area contributed by atoms with Gasteiger partial charge in [0.15, 0.2) is 18.4 Å². The Bertz CT molecular complexity index is 1780. The van der Waals surface area contributed by atoms with Crippen molar-refractivity contribution < 1.29 is 71.9 Å². The van der Waals surface area contributed by atoms with Crippen LogP contribution in [0.5, 0.6) is 0 Å². The van der Waals surface area contributed by atoms with Gasteiger partial charge in [-0.1, -0.05) is 64.5 Å². The van der Waals surface area contributed by atoms with Crippen LogP contribution >= 0.6 is 0 Å². The minimum atomic E-state index is -1.75. The van der Waals surface area contributed by atoms with Crippen LogP contribution in [0.3, 0.4) is 0 Å². The van der Waals surface area contributed by atoms with Crippen molar-refractivity contribution in [1.82, 2.24) is 0 Å². The van der Waals surface area contributed by atoms with Crippen LogP contribution in [0.25, 0.3) is 0 Å². The predicted molar refractivity (Wildman–Crippen MR) is 233 cm³/mol. The summed E-state index contributed by atoms with van der Waals surface area (Å²) in [6.45, 7) is 15.8. The lowest BCUT2D eigenvalue weighted by Crippen LogP contribution is -2.59. The molecule has 7 rings (SSSR count). The third-order valence-corrected chi connectivity index (χ3v) is 15.1. The number of rotatable bonds is 9. The van der Waals surface area contributed by atoms with Crippen molar-refractivity contribution in [2.75, 3.05) is 27.9 Å². The van der Waals surface area contributed by atoms with E-state index in [1.165, 1.54) is 0 Å². The molecule has 2 bridgehead atoms. The van der Waals surface area contributed by atoms with E-state index in [1.54, 1.807) is 34.3 Å². The van der Waals surface area contributed by atoms with E-state index in [0.29, 0.717) is 31.3 Å². The number of hydrogen-bond donors (Lipinski definition) is 2. The zero-order valence-electron chi connectivity index (χ0n) is 39.6. The largest absolute Gasteiger partial charge is 0.462 e. The SMILES string of the molecule is CC[C@H](C)[C@H]1O[C@]2(CC(=O)[C@@H]1C)C[C@@H]1C[C@@H](C/C=C(\C)[C@@H](O[C@H]3C[C@H](OC)[C@@H](O[C@H]4C[C@H](OC)[C@@H](O)[C@H](C)O4)[C@H](C)O3)[C@@H](C)/C=C/C=C3\CO[C@@H]4[C@H](OC)C(C)=C[C@@H](C(=O)O1)[C@]34O)O2. The number of aliphatic hydroxyl groups excluding tert-OH is 1. The highest BCUT2D eigenvalue weighted by atomic mass is 16.7. The molecule has 0 unspecified atom stereocenters. The maximum atomic E-state index is 14.5. The van der Waals surface area contributed by atoms with Gasteiger partial charge in [0.1, 0.15) is 47.8 Å². The monoisotopic (exact) mass is 903 g/mol. The maximum absolute atomic E-state index is 14.5. The Morgan fingerprint density at radius 1 is 0.875 bits per heavy atom. The van der Waals surface area contributed by atoms with Crippen LogP contribution in [-0.4, -0.2) is 147 Å². The van der Waals surface area contributed by atoms with Crippen LogP contribution in [0.15, 0.2) is 47.1 Å². The number of carbonyl (C=O) groups excluding carboxylic acids is 2. The van der Waals surface area contributed by atoms with Gasteiger partial charge in [0.05, 0.1) is 55.8 Å². The van der Waals surface area contributed by atoms with Crippen molar-refractivity contribution in [2.24, 2.45) is 23.7 Å². The summed E-state index contributed by atoms with van der Waals surface area (Å²) in [6, 6.07) is 0. The molecule has 0 saturated carbocycles. The summed E-state index contributed by atoms with van der Waals surface area (Å²) in [5.74, 6) is -3.33. The Kier molecular flexibility index (Phi) is 15.8. The summed E-state index contributed by atoms with van der Waals surface area (Å²) >= 11 is 0. The lowest BCUT2D eigenvalue weighted by atomic mass is 9.70. The number of ketones is 1. The highest BCUT2D eigenvalue weighted by Crippen LogP contribution is 2.48. The zero-order valence-corrected chi connectivity index (χ0v) is 39.6. The molecule has 7 aliphatic rings. The van der Waals surface area contributed by atoms with Gasteiger partial charge in [0.2, 0.25) is 0 Å². The number of esters is 1. The molecule has 6 aliphatic heterocycles. The molecule has 0 radical (unpaired) electrons. The molecule has 0 aromatic heterocycles. The Morgan fingerprint density at radius 3 is 2.28 bits per heavy atom. The number of allylic oxidation sites excluding steroid dienone is 2. The predicted octanol–water partition coefficient (Wildman–Crippen LogP) is 5.43. The van der Waals surface area contributed by atoms with Gasteiger partial charge in [-0.15, -0.1) is 0 Å². The average Bonchev–Trinajstić information content (AvgIpc) is 3.59. The third-order valence-electron chi connectivity index (χ3n) is 15.1. The molecule has 5 fully saturated rings. The summed E-state index contributed by atoms with van der Waals surface area (Å²) in [4.78, 5) is 28.2. The summed E-state index contributed by atoms with van der Waals surface area (Å²) in [5.41, 5.74) is 0.461. The number of hydrogen-bond acceptors (Lipinski definition) is 15. The van der Waals surface area contributed by atoms with Gasteiger partial charge >= 0.3 is 5.97 Å². The van der Waals surface area contributed by atoms with E-state index in [-0.39, 0.29) is 49.1 Å². The molecule has 0 aromatic rings. The quantitative estimate of drug-likeness (QED) is 0.221. The van der Waals surface area contributed by atoms with Crippen LogP contribution in [0.4, 0.5) is 0 Å². The van der Waals surface area contributed by atoms with Gasteiger partial charge in [0, 0.05) is 58.8 Å². The van der Waals surface area contributed by atoms with Crippen molar-refractivity contribution in [3.63, 3.8) is 0 Å².